The van der Waals surface area contributed by atoms with E-state index < -0.39 is 41.9 Å². The quantitative estimate of drug-likeness (QED) is 0.768. The molecular weight excluding hydrogens is 393 g/mol. The number of carbonyl (C=O) groups is 2. The molecule has 3 rings (SSSR count). The number of alkyl halides is 3. The minimum Gasteiger partial charge on any atom is -0.461 e. The van der Waals surface area contributed by atoms with Crippen LogP contribution in [0.5, 0.6) is 0 Å². The van der Waals surface area contributed by atoms with E-state index in [1.54, 1.807) is 19.1 Å². The Bertz CT molecular complexity index is 926. The number of esters is 1. The van der Waals surface area contributed by atoms with Crippen molar-refractivity contribution in [3.05, 3.63) is 64.7 Å². The van der Waals surface area contributed by atoms with Crippen molar-refractivity contribution in [3.8, 4) is 0 Å². The molecule has 2 aromatic rings. The number of Topliss-reactive ketones (excluding diaryl/α,β-unsaturated/α-hetero) is 1. The number of carbonyl (C=O) groups excluding carboxylic acids is 2. The van der Waals surface area contributed by atoms with Gasteiger partial charge in [-0.1, -0.05) is 24.3 Å². The van der Waals surface area contributed by atoms with Gasteiger partial charge in [-0.2, -0.15) is 13.2 Å². The summed E-state index contributed by atoms with van der Waals surface area (Å²) in [5.74, 6) is -1.40. The lowest BCUT2D eigenvalue weighted by atomic mass is 9.81. The van der Waals surface area contributed by atoms with Crippen molar-refractivity contribution in [1.82, 2.24) is 0 Å². The Kier molecular flexibility index (Phi) is 5.54. The van der Waals surface area contributed by atoms with E-state index in [9.17, 15) is 27.9 Å². The predicted octanol–water partition coefficient (Wildman–Crippen LogP) is 4.14. The van der Waals surface area contributed by atoms with Gasteiger partial charge < -0.3 is 9.84 Å². The summed E-state index contributed by atoms with van der Waals surface area (Å²) in [6.07, 6.45) is -4.71. The zero-order valence-corrected chi connectivity index (χ0v) is 15.7. The van der Waals surface area contributed by atoms with Gasteiger partial charge in [-0.3, -0.25) is 4.79 Å². The third-order valence-corrected chi connectivity index (χ3v) is 6.03. The van der Waals surface area contributed by atoms with Gasteiger partial charge in [-0.05, 0) is 30.7 Å². The van der Waals surface area contributed by atoms with Crippen LogP contribution in [0.2, 0.25) is 0 Å². The molecule has 0 fully saturated rings. The van der Waals surface area contributed by atoms with Crippen LogP contribution in [0, 0.1) is 12.3 Å². The predicted molar refractivity (Wildman–Crippen MR) is 97.5 cm³/mol. The summed E-state index contributed by atoms with van der Waals surface area (Å²) < 4.78 is 44.4. The van der Waals surface area contributed by atoms with E-state index in [1.165, 1.54) is 23.9 Å². The Balaban J connectivity index is 1.85. The number of aryl methyl sites for hydroxylation is 1. The number of aliphatic hydroxyl groups is 1. The minimum atomic E-state index is -4.71. The SMILES string of the molecule is Cc1cccc2c1C(=O)C(CO)(COC(=O)c1ccccc1C(F)(F)F)CS2. The average molecular weight is 410 g/mol. The van der Waals surface area contributed by atoms with Crippen molar-refractivity contribution in [2.75, 3.05) is 19.0 Å². The number of ether oxygens (including phenoxy) is 1. The van der Waals surface area contributed by atoms with Gasteiger partial charge in [0.2, 0.25) is 0 Å². The Morgan fingerprint density at radius 3 is 2.61 bits per heavy atom. The Morgan fingerprint density at radius 2 is 1.93 bits per heavy atom. The Morgan fingerprint density at radius 1 is 1.21 bits per heavy atom. The molecule has 0 bridgehead atoms. The molecule has 0 radical (unpaired) electrons. The summed E-state index contributed by atoms with van der Waals surface area (Å²) in [5.41, 5.74) is -1.97. The monoisotopic (exact) mass is 410 g/mol. The molecule has 1 N–H and O–H groups in total. The van der Waals surface area contributed by atoms with Gasteiger partial charge in [-0.15, -0.1) is 11.8 Å². The fourth-order valence-corrected chi connectivity index (χ4v) is 4.37. The van der Waals surface area contributed by atoms with E-state index in [-0.39, 0.29) is 11.5 Å². The lowest BCUT2D eigenvalue weighted by Gasteiger charge is -2.34. The van der Waals surface area contributed by atoms with Gasteiger partial charge in [0.15, 0.2) is 5.78 Å². The lowest BCUT2D eigenvalue weighted by Crippen LogP contribution is -2.45. The third-order valence-electron chi connectivity index (χ3n) is 4.68. The van der Waals surface area contributed by atoms with Crippen molar-refractivity contribution in [2.24, 2.45) is 5.41 Å². The van der Waals surface area contributed by atoms with E-state index in [0.717, 1.165) is 22.6 Å². The molecule has 0 spiro atoms. The van der Waals surface area contributed by atoms with Gasteiger partial charge in [0.25, 0.3) is 0 Å². The van der Waals surface area contributed by atoms with Crippen LogP contribution in [0.15, 0.2) is 47.4 Å². The molecule has 1 atom stereocenters. The van der Waals surface area contributed by atoms with Crippen LogP contribution in [0.25, 0.3) is 0 Å². The van der Waals surface area contributed by atoms with Crippen molar-refractivity contribution in [2.45, 2.75) is 18.0 Å². The van der Waals surface area contributed by atoms with Crippen LogP contribution in [0.1, 0.15) is 31.8 Å². The van der Waals surface area contributed by atoms with Crippen LogP contribution >= 0.6 is 11.8 Å². The molecule has 0 saturated heterocycles. The summed E-state index contributed by atoms with van der Waals surface area (Å²) in [5, 5.41) is 9.89. The molecule has 8 heteroatoms. The number of rotatable bonds is 4. The van der Waals surface area contributed by atoms with E-state index in [1.807, 2.05) is 6.07 Å². The largest absolute Gasteiger partial charge is 0.461 e. The maximum atomic E-state index is 13.1. The zero-order valence-electron chi connectivity index (χ0n) is 14.9. The van der Waals surface area contributed by atoms with Crippen LogP contribution < -0.4 is 0 Å². The summed E-state index contributed by atoms with van der Waals surface area (Å²) in [6, 6.07) is 9.65. The fraction of sp³-hybridized carbons (Fsp3) is 0.300. The van der Waals surface area contributed by atoms with Crippen LogP contribution in [-0.4, -0.2) is 35.8 Å². The molecule has 1 aliphatic heterocycles. The molecule has 4 nitrogen and oxygen atoms in total. The Hall–Kier alpha value is -2.32. The Labute approximate surface area is 163 Å². The first-order chi connectivity index (χ1) is 13.2. The van der Waals surface area contributed by atoms with E-state index in [2.05, 4.69) is 0 Å². The summed E-state index contributed by atoms with van der Waals surface area (Å²) in [7, 11) is 0. The average Bonchev–Trinajstić information content (AvgIpc) is 2.67. The van der Waals surface area contributed by atoms with Crippen LogP contribution in [-0.2, 0) is 10.9 Å². The smallest absolute Gasteiger partial charge is 0.417 e. The second-order valence-corrected chi connectivity index (χ2v) is 7.64. The van der Waals surface area contributed by atoms with Crippen LogP contribution in [0.3, 0.4) is 0 Å². The van der Waals surface area contributed by atoms with E-state index in [0.29, 0.717) is 5.56 Å². The van der Waals surface area contributed by atoms with Crippen molar-refractivity contribution in [1.29, 1.82) is 0 Å². The molecule has 0 amide bonds. The van der Waals surface area contributed by atoms with Gasteiger partial charge in [0.05, 0.1) is 17.7 Å². The summed E-state index contributed by atoms with van der Waals surface area (Å²) in [6.45, 7) is 0.672. The number of hydrogen-bond donors (Lipinski definition) is 1. The first-order valence-corrected chi connectivity index (χ1v) is 9.39. The van der Waals surface area contributed by atoms with Crippen molar-refractivity contribution >= 4 is 23.5 Å². The number of ketones is 1. The van der Waals surface area contributed by atoms with E-state index >= 15 is 0 Å². The van der Waals surface area contributed by atoms with Gasteiger partial charge in [0.1, 0.15) is 12.0 Å². The molecule has 2 aromatic carbocycles. The summed E-state index contributed by atoms with van der Waals surface area (Å²) >= 11 is 1.34. The highest BCUT2D eigenvalue weighted by molar-refractivity contribution is 7.99. The van der Waals surface area contributed by atoms with E-state index in [4.69, 9.17) is 4.74 Å². The van der Waals surface area contributed by atoms with Crippen molar-refractivity contribution < 1.29 is 32.6 Å². The second kappa shape index (κ2) is 7.60. The molecule has 1 unspecified atom stereocenters. The molecule has 0 aliphatic carbocycles. The number of benzene rings is 2. The van der Waals surface area contributed by atoms with Gasteiger partial charge in [0, 0.05) is 16.2 Å². The second-order valence-electron chi connectivity index (χ2n) is 6.62. The fourth-order valence-electron chi connectivity index (χ4n) is 3.06. The number of fused-ring (bicyclic) bond motifs is 1. The molecule has 1 aliphatic rings. The number of hydrogen-bond acceptors (Lipinski definition) is 5. The summed E-state index contributed by atoms with van der Waals surface area (Å²) in [4.78, 5) is 26.1. The maximum Gasteiger partial charge on any atom is 0.417 e. The topological polar surface area (TPSA) is 63.6 Å². The molecule has 0 saturated carbocycles. The highest BCUT2D eigenvalue weighted by Gasteiger charge is 2.45. The molecule has 0 aromatic heterocycles. The first kappa shape index (κ1) is 20.4. The molecule has 148 valence electrons. The van der Waals surface area contributed by atoms with Gasteiger partial charge in [-0.25, -0.2) is 4.79 Å². The zero-order chi connectivity index (χ0) is 20.5. The first-order valence-electron chi connectivity index (χ1n) is 8.41. The lowest BCUT2D eigenvalue weighted by molar-refractivity contribution is -0.138. The molecule has 1 heterocycles. The maximum absolute atomic E-state index is 13.1. The highest BCUT2D eigenvalue weighted by atomic mass is 32.2. The number of halogens is 3. The normalized spacial score (nSPS) is 19.2. The standard InChI is InChI=1S/C20H17F3O4S/c1-12-5-4-8-15-16(12)17(25)19(9-24,11-28-15)10-27-18(26)13-6-2-3-7-14(13)20(21,22)23/h2-8,24H,9-11H2,1H3. The molecular formula is C20H17F3O4S. The number of aliphatic hydroxyl groups excluding tert-OH is 1. The van der Waals surface area contributed by atoms with Gasteiger partial charge >= 0.3 is 12.1 Å². The molecule has 28 heavy (non-hydrogen) atoms. The number of thioether (sulfide) groups is 1. The van der Waals surface area contributed by atoms with Crippen molar-refractivity contribution in [3.63, 3.8) is 0 Å². The third kappa shape index (κ3) is 3.66. The highest BCUT2D eigenvalue weighted by Crippen LogP contribution is 2.41. The minimum absolute atomic E-state index is 0.160. The van der Waals surface area contributed by atoms with Crippen LogP contribution in [0.4, 0.5) is 13.2 Å².